The van der Waals surface area contributed by atoms with E-state index in [4.69, 9.17) is 14.2 Å². The normalized spacial score (nSPS) is 49.4. The van der Waals surface area contributed by atoms with Gasteiger partial charge in [0.05, 0.1) is 36.1 Å². The van der Waals surface area contributed by atoms with E-state index in [0.717, 1.165) is 49.7 Å². The van der Waals surface area contributed by atoms with Gasteiger partial charge in [0.2, 0.25) is 0 Å². The fourth-order valence-corrected chi connectivity index (χ4v) is 11.3. The Morgan fingerprint density at radius 3 is 2.49 bits per heavy atom. The van der Waals surface area contributed by atoms with Crippen molar-refractivity contribution in [3.63, 3.8) is 0 Å². The van der Waals surface area contributed by atoms with Crippen LogP contribution < -0.4 is 0 Å². The average Bonchev–Trinajstić information content (AvgIpc) is 3.40. The van der Waals surface area contributed by atoms with Crippen LogP contribution in [0.2, 0.25) is 0 Å². The van der Waals surface area contributed by atoms with Crippen molar-refractivity contribution >= 4 is 5.78 Å². The molecule has 0 aromatic heterocycles. The summed E-state index contributed by atoms with van der Waals surface area (Å²) >= 11 is 0. The molecule has 0 spiro atoms. The number of hydrogen-bond acceptors (Lipinski definition) is 8. The molecule has 14 unspecified atom stereocenters. The summed E-state index contributed by atoms with van der Waals surface area (Å²) in [7, 11) is 1.70. The third-order valence-corrected chi connectivity index (χ3v) is 14.1. The highest BCUT2D eigenvalue weighted by Gasteiger charge is 2.74. The van der Waals surface area contributed by atoms with Crippen molar-refractivity contribution in [3.8, 4) is 0 Å². The van der Waals surface area contributed by atoms with Crippen LogP contribution in [0.3, 0.4) is 0 Å². The van der Waals surface area contributed by atoms with E-state index < -0.39 is 28.8 Å². The maximum absolute atomic E-state index is 14.3. The lowest BCUT2D eigenvalue weighted by atomic mass is 9.42. The van der Waals surface area contributed by atoms with Crippen LogP contribution >= 0.6 is 0 Å². The van der Waals surface area contributed by atoms with E-state index in [1.165, 1.54) is 0 Å². The van der Waals surface area contributed by atoms with Crippen LogP contribution in [0.4, 0.5) is 0 Å². The van der Waals surface area contributed by atoms with E-state index in [1.807, 2.05) is 13.8 Å². The molecule has 0 amide bonds. The summed E-state index contributed by atoms with van der Waals surface area (Å²) in [5, 5.41) is 46.9. The summed E-state index contributed by atoms with van der Waals surface area (Å²) in [6.07, 6.45) is 4.96. The van der Waals surface area contributed by atoms with Gasteiger partial charge in [-0.15, -0.1) is 0 Å². The van der Waals surface area contributed by atoms with Gasteiger partial charge in [0.15, 0.2) is 5.78 Å². The summed E-state index contributed by atoms with van der Waals surface area (Å²) < 4.78 is 17.5. The van der Waals surface area contributed by atoms with E-state index in [1.54, 1.807) is 14.0 Å². The number of allylic oxidation sites excluding steroid dienone is 1. The molecule has 244 valence electrons. The van der Waals surface area contributed by atoms with Gasteiger partial charge in [-0.2, -0.15) is 0 Å². The second kappa shape index (κ2) is 11.1. The highest BCUT2D eigenvalue weighted by atomic mass is 16.5. The Balaban J connectivity index is 1.30. The van der Waals surface area contributed by atoms with Crippen LogP contribution in [-0.2, 0) is 19.0 Å². The van der Waals surface area contributed by atoms with E-state index in [0.29, 0.717) is 32.5 Å². The Hall–Kier alpha value is -0.870. The minimum absolute atomic E-state index is 0.0322. The quantitative estimate of drug-likeness (QED) is 0.293. The number of rotatable bonds is 9. The zero-order chi connectivity index (χ0) is 31.1. The zero-order valence-electron chi connectivity index (χ0n) is 27.2. The molecule has 43 heavy (non-hydrogen) atoms. The number of methoxy groups -OCH3 is 1. The molecule has 6 aliphatic rings. The molecule has 1 aliphatic heterocycles. The van der Waals surface area contributed by atoms with Crippen molar-refractivity contribution in [2.45, 2.75) is 128 Å². The first-order chi connectivity index (χ1) is 20.3. The number of ether oxygens (including phenoxy) is 3. The van der Waals surface area contributed by atoms with Crippen molar-refractivity contribution in [2.75, 3.05) is 26.9 Å². The topological polar surface area (TPSA) is 126 Å². The molecule has 1 heterocycles. The summed E-state index contributed by atoms with van der Waals surface area (Å²) in [6, 6.07) is 0. The van der Waals surface area contributed by atoms with Crippen LogP contribution in [0.5, 0.6) is 0 Å². The number of aliphatic hydroxyl groups is 4. The first kappa shape index (κ1) is 32.1. The summed E-state index contributed by atoms with van der Waals surface area (Å²) in [5.74, 6) is -0.152. The molecular weight excluding hydrogens is 548 g/mol. The number of fused-ring (bicyclic) bond motifs is 2. The van der Waals surface area contributed by atoms with Crippen LogP contribution in [-0.4, -0.2) is 88.8 Å². The molecule has 4 fully saturated rings. The highest BCUT2D eigenvalue weighted by molar-refractivity contribution is 6.00. The number of Topliss-reactive ketones (excluding diaryl/α,β-unsaturated/α-hetero) is 1. The zero-order valence-corrected chi connectivity index (χ0v) is 27.2. The summed E-state index contributed by atoms with van der Waals surface area (Å²) in [4.78, 5) is 14.3. The van der Waals surface area contributed by atoms with Gasteiger partial charge in [-0.1, -0.05) is 27.7 Å². The van der Waals surface area contributed by atoms with Gasteiger partial charge in [0.1, 0.15) is 6.10 Å². The summed E-state index contributed by atoms with van der Waals surface area (Å²) in [5.41, 5.74) is -1.77. The van der Waals surface area contributed by atoms with Crippen LogP contribution in [0.15, 0.2) is 11.1 Å². The number of hydrogen-bond donors (Lipinski definition) is 4. The lowest BCUT2D eigenvalue weighted by Crippen LogP contribution is -2.65. The predicted octanol–water partition coefficient (Wildman–Crippen LogP) is 3.81. The maximum atomic E-state index is 14.3. The van der Waals surface area contributed by atoms with E-state index >= 15 is 0 Å². The van der Waals surface area contributed by atoms with Crippen LogP contribution in [0.25, 0.3) is 0 Å². The smallest absolute Gasteiger partial charge is 0.162 e. The minimum atomic E-state index is -1.51. The molecule has 8 nitrogen and oxygen atoms in total. The molecule has 14 atom stereocenters. The second-order valence-electron chi connectivity index (χ2n) is 15.9. The summed E-state index contributed by atoms with van der Waals surface area (Å²) in [6.45, 7) is 11.3. The largest absolute Gasteiger partial charge is 0.394 e. The van der Waals surface area contributed by atoms with E-state index in [2.05, 4.69) is 13.8 Å². The number of ketones is 1. The van der Waals surface area contributed by atoms with Gasteiger partial charge in [0.25, 0.3) is 0 Å². The SMILES string of the molecule is COCCCOC1CCC2(C)C(C1)C(=O)C1=C3C2CCC2(C)C(C(C)(O)C(O)C4OC(CO)C(C)C4C)CC(CC1)C32O. The molecule has 0 aromatic carbocycles. The third kappa shape index (κ3) is 4.44. The monoisotopic (exact) mass is 604 g/mol. The first-order valence-corrected chi connectivity index (χ1v) is 17.0. The van der Waals surface area contributed by atoms with Crippen molar-refractivity contribution in [3.05, 3.63) is 11.1 Å². The fraction of sp³-hybridized carbons (Fsp3) is 0.914. The predicted molar refractivity (Wildman–Crippen MR) is 161 cm³/mol. The van der Waals surface area contributed by atoms with Crippen molar-refractivity contribution < 1.29 is 39.4 Å². The lowest BCUT2D eigenvalue weighted by molar-refractivity contribution is -0.200. The molecule has 0 aromatic rings. The first-order valence-electron chi connectivity index (χ1n) is 17.0. The Morgan fingerprint density at radius 1 is 1.07 bits per heavy atom. The van der Waals surface area contributed by atoms with Crippen molar-refractivity contribution in [1.29, 1.82) is 0 Å². The average molecular weight is 605 g/mol. The molecule has 0 bridgehead atoms. The van der Waals surface area contributed by atoms with Gasteiger partial charge in [0, 0.05) is 31.7 Å². The molecule has 5 aliphatic carbocycles. The number of aliphatic hydroxyl groups excluding tert-OH is 2. The molecule has 6 rings (SSSR count). The minimum Gasteiger partial charge on any atom is -0.394 e. The molecule has 8 heteroatoms. The van der Waals surface area contributed by atoms with Gasteiger partial charge < -0.3 is 34.6 Å². The number of carbonyl (C=O) groups excluding carboxylic acids is 1. The van der Waals surface area contributed by atoms with Gasteiger partial charge in [-0.25, -0.2) is 0 Å². The van der Waals surface area contributed by atoms with Crippen LogP contribution in [0, 0.1) is 46.3 Å². The fourth-order valence-electron chi connectivity index (χ4n) is 11.3. The Morgan fingerprint density at radius 2 is 1.81 bits per heavy atom. The van der Waals surface area contributed by atoms with Gasteiger partial charge in [-0.05, 0) is 111 Å². The van der Waals surface area contributed by atoms with E-state index in [9.17, 15) is 25.2 Å². The third-order valence-electron chi connectivity index (χ3n) is 14.1. The molecule has 1 saturated heterocycles. The molecular formula is C35H56O8. The second-order valence-corrected chi connectivity index (χ2v) is 15.9. The number of carbonyl (C=O) groups is 1. The standard InChI is InChI=1S/C35H56O8/c1-19-20(2)30(43-26(19)18-36)31(38)34(5,39)27-16-21-8-9-23-28-24(11-13-33(27,4)35(21,28)40)32(3)12-10-22(17-25(32)29(23)37)42-15-7-14-41-6/h19-22,24-27,30-31,36,38-40H,7-18H2,1-6H3. The van der Waals surface area contributed by atoms with Crippen molar-refractivity contribution in [1.82, 2.24) is 0 Å². The molecule has 4 N–H and O–H groups in total. The Labute approximate surface area is 257 Å². The lowest BCUT2D eigenvalue weighted by Gasteiger charge is -2.63. The molecule has 3 saturated carbocycles. The Kier molecular flexibility index (Phi) is 8.31. The highest BCUT2D eigenvalue weighted by Crippen LogP contribution is 2.73. The van der Waals surface area contributed by atoms with Crippen LogP contribution in [0.1, 0.15) is 92.4 Å². The van der Waals surface area contributed by atoms with Gasteiger partial charge in [-0.3, -0.25) is 4.79 Å². The Bertz CT molecular complexity index is 1120. The maximum Gasteiger partial charge on any atom is 0.162 e. The van der Waals surface area contributed by atoms with Gasteiger partial charge >= 0.3 is 0 Å². The van der Waals surface area contributed by atoms with E-state index in [-0.39, 0.29) is 65.5 Å². The van der Waals surface area contributed by atoms with Crippen molar-refractivity contribution in [2.24, 2.45) is 46.3 Å². The molecule has 0 radical (unpaired) electrons.